The molecule has 2 aromatic carbocycles. The van der Waals surface area contributed by atoms with E-state index in [9.17, 15) is 24.9 Å². The van der Waals surface area contributed by atoms with Gasteiger partial charge in [0.2, 0.25) is 6.29 Å². The van der Waals surface area contributed by atoms with Gasteiger partial charge in [-0.2, -0.15) is 0 Å². The standard InChI is InChI=1S/C23H23Cl2NO8/c1-2-10-32-22(31)21-19(29)18(28)20(30)23(34-21)33-16(27)11-12-6-3-4-9-15(12)26-17-13(24)7-5-8-14(17)25/h2-9,18-21,23,26,28-30H,1,10-11H2/t18-,19-,20-,21+,23+/m1/s1. The molecule has 5 atom stereocenters. The second-order valence-electron chi connectivity index (χ2n) is 7.36. The highest BCUT2D eigenvalue weighted by Gasteiger charge is 2.49. The molecule has 0 spiro atoms. The van der Waals surface area contributed by atoms with Crippen molar-refractivity contribution < 1.29 is 39.1 Å². The lowest BCUT2D eigenvalue weighted by atomic mass is 9.99. The number of para-hydroxylation sites is 2. The lowest BCUT2D eigenvalue weighted by Crippen LogP contribution is -2.61. The van der Waals surface area contributed by atoms with Gasteiger partial charge in [0.05, 0.1) is 22.2 Å². The van der Waals surface area contributed by atoms with E-state index in [1.54, 1.807) is 42.5 Å². The van der Waals surface area contributed by atoms with Gasteiger partial charge < -0.3 is 34.8 Å². The molecular weight excluding hydrogens is 489 g/mol. The minimum absolute atomic E-state index is 0.159. The molecule has 1 aliphatic rings. The molecule has 0 saturated carbocycles. The predicted octanol–water partition coefficient (Wildman–Crippen LogP) is 2.36. The van der Waals surface area contributed by atoms with E-state index in [4.69, 9.17) is 37.4 Å². The van der Waals surface area contributed by atoms with Crippen LogP contribution in [0.4, 0.5) is 11.4 Å². The van der Waals surface area contributed by atoms with Crippen LogP contribution in [0.15, 0.2) is 55.1 Å². The van der Waals surface area contributed by atoms with Gasteiger partial charge in [0.15, 0.2) is 6.10 Å². The molecular formula is C23H23Cl2NO8. The van der Waals surface area contributed by atoms with Gasteiger partial charge in [-0.25, -0.2) is 4.79 Å². The summed E-state index contributed by atoms with van der Waals surface area (Å²) in [5, 5.41) is 34.2. The van der Waals surface area contributed by atoms with E-state index < -0.39 is 42.6 Å². The molecule has 3 rings (SSSR count). The van der Waals surface area contributed by atoms with Crippen LogP contribution < -0.4 is 5.32 Å². The Hall–Kier alpha value is -2.66. The summed E-state index contributed by atoms with van der Waals surface area (Å²) in [6.07, 6.45) is -7.74. The molecule has 1 heterocycles. The van der Waals surface area contributed by atoms with Crippen molar-refractivity contribution >= 4 is 46.5 Å². The van der Waals surface area contributed by atoms with Crippen molar-refractivity contribution in [2.24, 2.45) is 0 Å². The second kappa shape index (κ2) is 11.7. The van der Waals surface area contributed by atoms with Crippen molar-refractivity contribution in [1.82, 2.24) is 0 Å². The normalized spacial score (nSPS) is 24.2. The zero-order valence-corrected chi connectivity index (χ0v) is 19.3. The second-order valence-corrected chi connectivity index (χ2v) is 8.18. The molecule has 0 aliphatic carbocycles. The number of ether oxygens (including phenoxy) is 3. The number of aliphatic hydroxyl groups excluding tert-OH is 3. The third-order valence-corrected chi connectivity index (χ3v) is 5.60. The summed E-state index contributed by atoms with van der Waals surface area (Å²) in [5.74, 6) is -1.84. The fraction of sp³-hybridized carbons (Fsp3) is 0.304. The number of halogens is 2. The largest absolute Gasteiger partial charge is 0.459 e. The maximum atomic E-state index is 12.6. The van der Waals surface area contributed by atoms with Gasteiger partial charge in [-0.1, -0.05) is 60.1 Å². The summed E-state index contributed by atoms with van der Waals surface area (Å²) in [6.45, 7) is 3.24. The van der Waals surface area contributed by atoms with Crippen molar-refractivity contribution in [3.05, 3.63) is 70.7 Å². The van der Waals surface area contributed by atoms with Gasteiger partial charge >= 0.3 is 11.9 Å². The third kappa shape index (κ3) is 6.06. The summed E-state index contributed by atoms with van der Waals surface area (Å²) >= 11 is 12.4. The molecule has 9 nitrogen and oxygen atoms in total. The monoisotopic (exact) mass is 511 g/mol. The van der Waals surface area contributed by atoms with Gasteiger partial charge in [-0.05, 0) is 23.8 Å². The Kier molecular flexibility index (Phi) is 8.90. The van der Waals surface area contributed by atoms with Gasteiger partial charge in [0.25, 0.3) is 0 Å². The lowest BCUT2D eigenvalue weighted by Gasteiger charge is -2.38. The Morgan fingerprint density at radius 2 is 1.71 bits per heavy atom. The fourth-order valence-electron chi connectivity index (χ4n) is 3.24. The van der Waals surface area contributed by atoms with E-state index in [1.807, 2.05) is 0 Å². The number of hydrogen-bond acceptors (Lipinski definition) is 9. The predicted molar refractivity (Wildman–Crippen MR) is 124 cm³/mol. The van der Waals surface area contributed by atoms with Gasteiger partial charge in [-0.15, -0.1) is 0 Å². The van der Waals surface area contributed by atoms with E-state index >= 15 is 0 Å². The first kappa shape index (κ1) is 26.0. The lowest BCUT2D eigenvalue weighted by molar-refractivity contribution is -0.287. The van der Waals surface area contributed by atoms with Crippen molar-refractivity contribution in [3.8, 4) is 0 Å². The summed E-state index contributed by atoms with van der Waals surface area (Å²) in [5.41, 5.74) is 1.49. The van der Waals surface area contributed by atoms with Crippen molar-refractivity contribution in [2.75, 3.05) is 11.9 Å². The zero-order chi connectivity index (χ0) is 24.8. The number of carbonyl (C=O) groups excluding carboxylic acids is 2. The van der Waals surface area contributed by atoms with Crippen LogP contribution in [-0.2, 0) is 30.2 Å². The Morgan fingerprint density at radius 3 is 2.38 bits per heavy atom. The Labute approximate surface area is 205 Å². The van der Waals surface area contributed by atoms with Gasteiger partial charge in [-0.3, -0.25) is 4.79 Å². The number of hydrogen-bond donors (Lipinski definition) is 4. The van der Waals surface area contributed by atoms with Crippen LogP contribution in [0.1, 0.15) is 5.56 Å². The fourth-order valence-corrected chi connectivity index (χ4v) is 3.73. The molecule has 1 fully saturated rings. The number of benzene rings is 2. The van der Waals surface area contributed by atoms with Crippen molar-refractivity contribution in [2.45, 2.75) is 37.1 Å². The van der Waals surface area contributed by atoms with E-state index in [-0.39, 0.29) is 13.0 Å². The molecule has 34 heavy (non-hydrogen) atoms. The molecule has 1 aliphatic heterocycles. The average molecular weight is 512 g/mol. The first-order valence-corrected chi connectivity index (χ1v) is 10.9. The maximum absolute atomic E-state index is 12.6. The van der Waals surface area contributed by atoms with Crippen LogP contribution in [0, 0.1) is 0 Å². The minimum Gasteiger partial charge on any atom is -0.459 e. The summed E-state index contributed by atoms with van der Waals surface area (Å²) < 4.78 is 15.2. The highest BCUT2D eigenvalue weighted by atomic mass is 35.5. The van der Waals surface area contributed by atoms with Crippen molar-refractivity contribution in [1.29, 1.82) is 0 Å². The maximum Gasteiger partial charge on any atom is 0.338 e. The van der Waals surface area contributed by atoms with Gasteiger partial charge in [0.1, 0.15) is 24.9 Å². The molecule has 2 aromatic rings. The first-order chi connectivity index (χ1) is 16.2. The topological polar surface area (TPSA) is 135 Å². The van der Waals surface area contributed by atoms with E-state index in [2.05, 4.69) is 11.9 Å². The molecule has 0 amide bonds. The molecule has 0 unspecified atom stereocenters. The summed E-state index contributed by atoms with van der Waals surface area (Å²) in [6, 6.07) is 11.8. The molecule has 1 saturated heterocycles. The quantitative estimate of drug-likeness (QED) is 0.311. The molecule has 4 N–H and O–H groups in total. The SMILES string of the molecule is C=CCOC(=O)[C@H]1O[C@H](OC(=O)Cc2ccccc2Nc2c(Cl)cccc2Cl)[C@H](O)[C@H](O)[C@H]1O. The molecule has 0 aromatic heterocycles. The van der Waals surface area contributed by atoms with Crippen LogP contribution in [0.25, 0.3) is 0 Å². The van der Waals surface area contributed by atoms with Crippen LogP contribution in [0.3, 0.4) is 0 Å². The van der Waals surface area contributed by atoms with Crippen LogP contribution >= 0.6 is 23.2 Å². The number of nitrogens with one attached hydrogen (secondary N) is 1. The van der Waals surface area contributed by atoms with Crippen LogP contribution in [0.5, 0.6) is 0 Å². The Bertz CT molecular complexity index is 1030. The van der Waals surface area contributed by atoms with E-state index in [0.29, 0.717) is 27.0 Å². The zero-order valence-electron chi connectivity index (χ0n) is 17.8. The minimum atomic E-state index is -1.82. The van der Waals surface area contributed by atoms with Crippen LogP contribution in [-0.4, -0.2) is 64.6 Å². The Morgan fingerprint density at radius 1 is 1.03 bits per heavy atom. The third-order valence-electron chi connectivity index (χ3n) is 4.97. The molecule has 182 valence electrons. The smallest absolute Gasteiger partial charge is 0.338 e. The van der Waals surface area contributed by atoms with Gasteiger partial charge in [0, 0.05) is 5.69 Å². The number of anilines is 2. The average Bonchev–Trinajstić information content (AvgIpc) is 2.81. The summed E-state index contributed by atoms with van der Waals surface area (Å²) in [7, 11) is 0. The summed E-state index contributed by atoms with van der Waals surface area (Å²) in [4.78, 5) is 24.7. The highest BCUT2D eigenvalue weighted by molar-refractivity contribution is 6.39. The number of esters is 2. The number of aliphatic hydroxyl groups is 3. The number of carbonyl (C=O) groups is 2. The highest BCUT2D eigenvalue weighted by Crippen LogP contribution is 2.34. The van der Waals surface area contributed by atoms with Crippen molar-refractivity contribution in [3.63, 3.8) is 0 Å². The first-order valence-electron chi connectivity index (χ1n) is 10.2. The van der Waals surface area contributed by atoms with Crippen LogP contribution in [0.2, 0.25) is 10.0 Å². The molecule has 11 heteroatoms. The van der Waals surface area contributed by atoms with E-state index in [1.165, 1.54) is 6.08 Å². The Balaban J connectivity index is 1.71. The molecule has 0 radical (unpaired) electrons. The van der Waals surface area contributed by atoms with E-state index in [0.717, 1.165) is 0 Å². The molecule has 0 bridgehead atoms. The number of rotatable bonds is 8.